The van der Waals surface area contributed by atoms with Crippen molar-refractivity contribution in [2.75, 3.05) is 13.1 Å². The van der Waals surface area contributed by atoms with Gasteiger partial charge in [-0.15, -0.1) is 0 Å². The van der Waals surface area contributed by atoms with Crippen molar-refractivity contribution in [1.29, 1.82) is 0 Å². The van der Waals surface area contributed by atoms with Crippen molar-refractivity contribution >= 4 is 22.5 Å². The van der Waals surface area contributed by atoms with Crippen LogP contribution in [0.4, 0.5) is 0 Å². The lowest BCUT2D eigenvalue weighted by Gasteiger charge is -2.31. The number of rotatable bonds is 6. The Morgan fingerprint density at radius 3 is 2.27 bits per heavy atom. The number of Topliss-reactive ketones (excluding diaryl/α,β-unsaturated/α-hetero) is 1. The number of likely N-dealkylation sites (tertiary alicyclic amines) is 1. The Morgan fingerprint density at radius 2 is 1.64 bits per heavy atom. The summed E-state index contributed by atoms with van der Waals surface area (Å²) >= 11 is 0. The van der Waals surface area contributed by atoms with Gasteiger partial charge in [-0.1, -0.05) is 56.3 Å². The Bertz CT molecular complexity index is 1220. The predicted molar refractivity (Wildman–Crippen MR) is 129 cm³/mol. The van der Waals surface area contributed by atoms with E-state index in [-0.39, 0.29) is 29.7 Å². The van der Waals surface area contributed by atoms with Gasteiger partial charge in [0.15, 0.2) is 5.78 Å². The first-order valence-corrected chi connectivity index (χ1v) is 11.7. The summed E-state index contributed by atoms with van der Waals surface area (Å²) in [7, 11) is 0. The fraction of sp³-hybridized carbons (Fsp3) is 0.407. The molecule has 3 aromatic rings. The van der Waals surface area contributed by atoms with Crippen LogP contribution in [0.25, 0.3) is 10.8 Å². The molecule has 172 valence electrons. The van der Waals surface area contributed by atoms with Gasteiger partial charge in [-0.2, -0.15) is 5.10 Å². The molecule has 0 unspecified atom stereocenters. The van der Waals surface area contributed by atoms with Gasteiger partial charge in [0, 0.05) is 30.0 Å². The number of carbonyl (C=O) groups is 2. The average Bonchev–Trinajstić information content (AvgIpc) is 2.82. The maximum absolute atomic E-state index is 12.9. The summed E-state index contributed by atoms with van der Waals surface area (Å²) in [6.45, 7) is 7.16. The zero-order chi connectivity index (χ0) is 23.5. The van der Waals surface area contributed by atoms with Crippen LogP contribution >= 0.6 is 0 Å². The monoisotopic (exact) mass is 445 g/mol. The number of aryl methyl sites for hydroxylation is 1. The van der Waals surface area contributed by atoms with Crippen LogP contribution in [0.1, 0.15) is 48.3 Å². The van der Waals surface area contributed by atoms with Gasteiger partial charge in [-0.25, -0.2) is 4.68 Å². The molecular weight excluding hydrogens is 414 g/mol. The number of hydrogen-bond acceptors (Lipinski definition) is 4. The molecule has 6 nitrogen and oxygen atoms in total. The molecule has 6 heteroatoms. The van der Waals surface area contributed by atoms with E-state index in [0.717, 1.165) is 23.1 Å². The van der Waals surface area contributed by atoms with Crippen LogP contribution in [0, 0.1) is 18.8 Å². The van der Waals surface area contributed by atoms with E-state index in [1.54, 1.807) is 11.0 Å². The SMILES string of the molecule is Cc1nn(CC(=O)N2CCC(C(=O)c3ccc(CC(C)C)cc3)CC2)c(=O)c2ccccc12. The van der Waals surface area contributed by atoms with Crippen LogP contribution < -0.4 is 5.56 Å². The summed E-state index contributed by atoms with van der Waals surface area (Å²) in [6, 6.07) is 15.3. The fourth-order valence-electron chi connectivity index (χ4n) is 4.64. The van der Waals surface area contributed by atoms with Crippen molar-refractivity contribution in [3.05, 3.63) is 75.7 Å². The van der Waals surface area contributed by atoms with Crippen LogP contribution in [0.15, 0.2) is 53.3 Å². The van der Waals surface area contributed by atoms with E-state index in [9.17, 15) is 14.4 Å². The number of ketones is 1. The first-order valence-electron chi connectivity index (χ1n) is 11.7. The van der Waals surface area contributed by atoms with Crippen molar-refractivity contribution in [3.63, 3.8) is 0 Å². The van der Waals surface area contributed by atoms with Crippen LogP contribution in [0.5, 0.6) is 0 Å². The number of benzene rings is 2. The van der Waals surface area contributed by atoms with Crippen LogP contribution in [-0.4, -0.2) is 39.5 Å². The summed E-state index contributed by atoms with van der Waals surface area (Å²) < 4.78 is 1.26. The van der Waals surface area contributed by atoms with Crippen molar-refractivity contribution < 1.29 is 9.59 Å². The van der Waals surface area contributed by atoms with Gasteiger partial charge in [0.05, 0.1) is 11.1 Å². The van der Waals surface area contributed by atoms with Crippen molar-refractivity contribution in [2.45, 2.75) is 46.6 Å². The molecule has 1 fully saturated rings. The Balaban J connectivity index is 1.37. The zero-order valence-electron chi connectivity index (χ0n) is 19.6. The first kappa shape index (κ1) is 22.9. The molecule has 0 N–H and O–H groups in total. The number of nitrogens with zero attached hydrogens (tertiary/aromatic N) is 3. The fourth-order valence-corrected chi connectivity index (χ4v) is 4.64. The highest BCUT2D eigenvalue weighted by molar-refractivity contribution is 5.98. The molecule has 1 aromatic heterocycles. The molecule has 0 spiro atoms. The molecular formula is C27H31N3O3. The smallest absolute Gasteiger partial charge is 0.275 e. The average molecular weight is 446 g/mol. The second-order valence-corrected chi connectivity index (χ2v) is 9.41. The third-order valence-corrected chi connectivity index (χ3v) is 6.44. The maximum Gasteiger partial charge on any atom is 0.275 e. The van der Waals surface area contributed by atoms with Gasteiger partial charge >= 0.3 is 0 Å². The number of fused-ring (bicyclic) bond motifs is 1. The second kappa shape index (κ2) is 9.69. The maximum atomic E-state index is 12.9. The Morgan fingerprint density at radius 1 is 1.00 bits per heavy atom. The molecule has 2 heterocycles. The number of hydrogen-bond donors (Lipinski definition) is 0. The van der Waals surface area contributed by atoms with Crippen LogP contribution in [-0.2, 0) is 17.8 Å². The summed E-state index contributed by atoms with van der Waals surface area (Å²) in [4.78, 5) is 40.3. The molecule has 0 saturated carbocycles. The molecule has 1 aliphatic rings. The van der Waals surface area contributed by atoms with E-state index in [4.69, 9.17) is 0 Å². The molecule has 0 bridgehead atoms. The van der Waals surface area contributed by atoms with Gasteiger partial charge in [-0.3, -0.25) is 14.4 Å². The molecule has 4 rings (SSSR count). The molecule has 1 aliphatic heterocycles. The topological polar surface area (TPSA) is 72.3 Å². The molecule has 0 atom stereocenters. The minimum Gasteiger partial charge on any atom is -0.341 e. The number of aromatic nitrogens is 2. The van der Waals surface area contributed by atoms with Crippen LogP contribution in [0.3, 0.4) is 0 Å². The Hall–Kier alpha value is -3.28. The highest BCUT2D eigenvalue weighted by Gasteiger charge is 2.28. The van der Waals surface area contributed by atoms with Gasteiger partial charge in [0.25, 0.3) is 5.56 Å². The number of amides is 1. The largest absolute Gasteiger partial charge is 0.341 e. The van der Waals surface area contributed by atoms with E-state index in [0.29, 0.717) is 37.2 Å². The highest BCUT2D eigenvalue weighted by Crippen LogP contribution is 2.23. The van der Waals surface area contributed by atoms with Crippen molar-refractivity contribution in [2.24, 2.45) is 11.8 Å². The van der Waals surface area contributed by atoms with E-state index in [1.807, 2.05) is 49.4 Å². The molecule has 0 radical (unpaired) electrons. The van der Waals surface area contributed by atoms with Gasteiger partial charge in [0.2, 0.25) is 5.91 Å². The normalized spacial score (nSPS) is 14.7. The lowest BCUT2D eigenvalue weighted by atomic mass is 9.88. The lowest BCUT2D eigenvalue weighted by Crippen LogP contribution is -2.43. The minimum absolute atomic E-state index is 0.0752. The quantitative estimate of drug-likeness (QED) is 0.537. The predicted octanol–water partition coefficient (Wildman–Crippen LogP) is 4.02. The summed E-state index contributed by atoms with van der Waals surface area (Å²) in [5.74, 6) is 0.524. The Labute approximate surface area is 194 Å². The van der Waals surface area contributed by atoms with E-state index in [1.165, 1.54) is 10.2 Å². The first-order chi connectivity index (χ1) is 15.8. The Kier molecular flexibility index (Phi) is 6.72. The van der Waals surface area contributed by atoms with Crippen molar-refractivity contribution in [1.82, 2.24) is 14.7 Å². The lowest BCUT2D eigenvalue weighted by molar-refractivity contribution is -0.133. The third-order valence-electron chi connectivity index (χ3n) is 6.44. The molecule has 1 saturated heterocycles. The van der Waals surface area contributed by atoms with Gasteiger partial charge in [-0.05, 0) is 43.7 Å². The highest BCUT2D eigenvalue weighted by atomic mass is 16.2. The van der Waals surface area contributed by atoms with E-state index < -0.39 is 0 Å². The number of carbonyl (C=O) groups excluding carboxylic acids is 2. The van der Waals surface area contributed by atoms with Crippen molar-refractivity contribution in [3.8, 4) is 0 Å². The second-order valence-electron chi connectivity index (χ2n) is 9.41. The third kappa shape index (κ3) is 5.05. The summed E-state index contributed by atoms with van der Waals surface area (Å²) in [5.41, 5.74) is 2.46. The standard InChI is InChI=1S/C27H31N3O3/c1-18(2)16-20-8-10-21(11-9-20)26(32)22-12-14-29(15-13-22)25(31)17-30-27(33)24-7-5-4-6-23(24)19(3)28-30/h4-11,18,22H,12-17H2,1-3H3. The zero-order valence-corrected chi connectivity index (χ0v) is 19.6. The van der Waals surface area contributed by atoms with Gasteiger partial charge < -0.3 is 4.90 Å². The van der Waals surface area contributed by atoms with Gasteiger partial charge in [0.1, 0.15) is 6.54 Å². The molecule has 33 heavy (non-hydrogen) atoms. The van der Waals surface area contributed by atoms with E-state index in [2.05, 4.69) is 18.9 Å². The van der Waals surface area contributed by atoms with E-state index >= 15 is 0 Å². The molecule has 1 amide bonds. The van der Waals surface area contributed by atoms with Crippen LogP contribution in [0.2, 0.25) is 0 Å². The molecule has 2 aromatic carbocycles. The molecule has 0 aliphatic carbocycles. The summed E-state index contributed by atoms with van der Waals surface area (Å²) in [6.07, 6.45) is 2.28. The summed E-state index contributed by atoms with van der Waals surface area (Å²) in [5, 5.41) is 5.72. The number of piperidine rings is 1. The minimum atomic E-state index is -0.254.